The molecule has 17 heavy (non-hydrogen) atoms. The van der Waals surface area contributed by atoms with Crippen LogP contribution in [-0.2, 0) is 19.1 Å². The second kappa shape index (κ2) is 5.15. The molecule has 0 aliphatic heterocycles. The molecule has 0 fully saturated rings. The lowest BCUT2D eigenvalue weighted by Crippen LogP contribution is -2.38. The highest BCUT2D eigenvalue weighted by Crippen LogP contribution is 2.38. The summed E-state index contributed by atoms with van der Waals surface area (Å²) in [5.74, 6) is -7.95. The molecule has 0 aromatic heterocycles. The minimum absolute atomic E-state index is 0.338. The smallest absolute Gasteiger partial charge is 0.346 e. The lowest BCUT2D eigenvalue weighted by atomic mass is 10.2. The van der Waals surface area contributed by atoms with Crippen LogP contribution in [0, 0.1) is 0 Å². The zero-order valence-corrected chi connectivity index (χ0v) is 9.37. The predicted molar refractivity (Wildman–Crippen MR) is 45.8 cm³/mol. The Morgan fingerprint density at radius 3 is 2.00 bits per heavy atom. The summed E-state index contributed by atoms with van der Waals surface area (Å²) in [7, 11) is -4.72. The maximum absolute atomic E-state index is 12.4. The van der Waals surface area contributed by atoms with Crippen LogP contribution >= 0.6 is 0 Å². The SMILES string of the molecule is CCC(=O)OS(=O)(=O)CCC(F)(F)C(F)(F)F. The Hall–Kier alpha value is -0.930. The summed E-state index contributed by atoms with van der Waals surface area (Å²) >= 11 is 0. The second-order valence-corrected chi connectivity index (χ2v) is 4.71. The summed E-state index contributed by atoms with van der Waals surface area (Å²) < 4.78 is 85.1. The van der Waals surface area contributed by atoms with Crippen molar-refractivity contribution in [2.45, 2.75) is 31.9 Å². The first-order chi connectivity index (χ1) is 7.41. The van der Waals surface area contributed by atoms with E-state index in [1.165, 1.54) is 6.92 Å². The number of halogens is 5. The highest BCUT2D eigenvalue weighted by Gasteiger charge is 2.57. The summed E-state index contributed by atoms with van der Waals surface area (Å²) in [5.41, 5.74) is 0. The van der Waals surface area contributed by atoms with Crippen molar-refractivity contribution >= 4 is 16.1 Å². The zero-order chi connectivity index (χ0) is 13.9. The summed E-state index contributed by atoms with van der Waals surface area (Å²) in [6, 6.07) is 0. The van der Waals surface area contributed by atoms with Crippen molar-refractivity contribution in [2.24, 2.45) is 0 Å². The Morgan fingerprint density at radius 1 is 1.18 bits per heavy atom. The first-order valence-corrected chi connectivity index (χ1v) is 5.88. The van der Waals surface area contributed by atoms with Crippen LogP contribution in [0.2, 0.25) is 0 Å². The summed E-state index contributed by atoms with van der Waals surface area (Å²) in [5, 5.41) is 0. The van der Waals surface area contributed by atoms with Gasteiger partial charge in [-0.2, -0.15) is 30.4 Å². The third-order valence-corrected chi connectivity index (χ3v) is 2.73. The molecular formula is C7H9F5O4S. The molecule has 10 heteroatoms. The molecule has 0 N–H and O–H groups in total. The molecule has 0 bridgehead atoms. The van der Waals surface area contributed by atoms with Gasteiger partial charge in [0.2, 0.25) is 0 Å². The van der Waals surface area contributed by atoms with Crippen molar-refractivity contribution in [3.63, 3.8) is 0 Å². The van der Waals surface area contributed by atoms with E-state index in [-0.39, 0.29) is 6.42 Å². The van der Waals surface area contributed by atoms with Crippen molar-refractivity contribution in [1.29, 1.82) is 0 Å². The molecule has 0 atom stereocenters. The Kier molecular flexibility index (Phi) is 4.87. The number of carbonyl (C=O) groups excluding carboxylic acids is 1. The van der Waals surface area contributed by atoms with Crippen molar-refractivity contribution in [1.82, 2.24) is 0 Å². The molecule has 0 saturated carbocycles. The van der Waals surface area contributed by atoms with Gasteiger partial charge in [0.25, 0.3) is 0 Å². The lowest BCUT2D eigenvalue weighted by molar-refractivity contribution is -0.282. The van der Waals surface area contributed by atoms with Gasteiger partial charge in [-0.15, -0.1) is 0 Å². The highest BCUT2D eigenvalue weighted by atomic mass is 32.2. The minimum atomic E-state index is -5.84. The van der Waals surface area contributed by atoms with Crippen LogP contribution in [0.5, 0.6) is 0 Å². The highest BCUT2D eigenvalue weighted by molar-refractivity contribution is 7.87. The summed E-state index contributed by atoms with van der Waals surface area (Å²) in [6.07, 6.45) is -8.16. The molecule has 0 aromatic carbocycles. The molecule has 0 radical (unpaired) electrons. The normalized spacial score (nSPS) is 13.5. The van der Waals surface area contributed by atoms with E-state index >= 15 is 0 Å². The van der Waals surface area contributed by atoms with Crippen molar-refractivity contribution < 1.29 is 39.3 Å². The van der Waals surface area contributed by atoms with Gasteiger partial charge in [0.1, 0.15) is 0 Å². The van der Waals surface area contributed by atoms with Crippen LogP contribution in [0.25, 0.3) is 0 Å². The van der Waals surface area contributed by atoms with Gasteiger partial charge in [0, 0.05) is 12.8 Å². The van der Waals surface area contributed by atoms with Gasteiger partial charge >= 0.3 is 28.2 Å². The number of hydrogen-bond acceptors (Lipinski definition) is 4. The molecule has 0 saturated heterocycles. The number of hydrogen-bond donors (Lipinski definition) is 0. The average Bonchev–Trinajstić information content (AvgIpc) is 2.12. The molecule has 102 valence electrons. The Labute approximate surface area is 93.9 Å². The third kappa shape index (κ3) is 5.29. The molecule has 0 amide bonds. The van der Waals surface area contributed by atoms with Gasteiger partial charge < -0.3 is 4.18 Å². The summed E-state index contributed by atoms with van der Waals surface area (Å²) in [4.78, 5) is 10.5. The fourth-order valence-corrected chi connectivity index (χ4v) is 1.63. The average molecular weight is 284 g/mol. The second-order valence-electron chi connectivity index (χ2n) is 3.02. The molecular weight excluding hydrogens is 275 g/mol. The van der Waals surface area contributed by atoms with E-state index in [0.717, 1.165) is 0 Å². The zero-order valence-electron chi connectivity index (χ0n) is 8.55. The van der Waals surface area contributed by atoms with E-state index in [0.29, 0.717) is 0 Å². The molecule has 0 aliphatic carbocycles. The van der Waals surface area contributed by atoms with Gasteiger partial charge in [0.15, 0.2) is 0 Å². The first kappa shape index (κ1) is 16.1. The van der Waals surface area contributed by atoms with E-state index in [1.54, 1.807) is 0 Å². The maximum atomic E-state index is 12.4. The van der Waals surface area contributed by atoms with E-state index in [2.05, 4.69) is 4.18 Å². The monoisotopic (exact) mass is 284 g/mol. The van der Waals surface area contributed by atoms with E-state index in [1.807, 2.05) is 0 Å². The lowest BCUT2D eigenvalue weighted by Gasteiger charge is -2.18. The van der Waals surface area contributed by atoms with Gasteiger partial charge in [0.05, 0.1) is 5.75 Å². The minimum Gasteiger partial charge on any atom is -0.346 e. The van der Waals surface area contributed by atoms with E-state index in [9.17, 15) is 35.2 Å². The van der Waals surface area contributed by atoms with Crippen LogP contribution in [0.3, 0.4) is 0 Å². The van der Waals surface area contributed by atoms with Crippen molar-refractivity contribution in [3.05, 3.63) is 0 Å². The maximum Gasteiger partial charge on any atom is 0.453 e. The number of rotatable bonds is 5. The molecule has 0 aliphatic rings. The van der Waals surface area contributed by atoms with Crippen molar-refractivity contribution in [2.75, 3.05) is 5.75 Å². The molecule has 0 aromatic rings. The molecule has 0 unspecified atom stereocenters. The largest absolute Gasteiger partial charge is 0.453 e. The topological polar surface area (TPSA) is 60.4 Å². The standard InChI is InChI=1S/C7H9F5O4S/c1-2-5(13)16-17(14,15)4-3-6(8,9)7(10,11)12/h2-4H2,1H3. The van der Waals surface area contributed by atoms with Gasteiger partial charge in [-0.05, 0) is 0 Å². The number of carbonyl (C=O) groups is 1. The van der Waals surface area contributed by atoms with Crippen LogP contribution in [-0.4, -0.2) is 32.2 Å². The summed E-state index contributed by atoms with van der Waals surface area (Å²) in [6.45, 7) is 1.24. The van der Waals surface area contributed by atoms with Gasteiger partial charge in [-0.1, -0.05) is 6.92 Å². The van der Waals surface area contributed by atoms with Crippen LogP contribution in [0.4, 0.5) is 22.0 Å². The fraction of sp³-hybridized carbons (Fsp3) is 0.857. The Balaban J connectivity index is 4.53. The van der Waals surface area contributed by atoms with Gasteiger partial charge in [-0.25, -0.2) is 0 Å². The Morgan fingerprint density at radius 2 is 1.65 bits per heavy atom. The van der Waals surface area contributed by atoms with Crippen LogP contribution < -0.4 is 0 Å². The first-order valence-electron chi connectivity index (χ1n) is 4.31. The molecule has 0 rings (SSSR count). The predicted octanol–water partition coefficient (Wildman–Crippen LogP) is 1.86. The quantitative estimate of drug-likeness (QED) is 0.571. The van der Waals surface area contributed by atoms with E-state index < -0.39 is 40.4 Å². The number of alkyl halides is 5. The fourth-order valence-electron chi connectivity index (χ4n) is 0.637. The van der Waals surface area contributed by atoms with Gasteiger partial charge in [-0.3, -0.25) is 4.79 Å². The molecule has 4 nitrogen and oxygen atoms in total. The van der Waals surface area contributed by atoms with E-state index in [4.69, 9.17) is 0 Å². The van der Waals surface area contributed by atoms with Crippen LogP contribution in [0.1, 0.15) is 19.8 Å². The Bertz CT molecular complexity index is 372. The molecule has 0 spiro atoms. The third-order valence-electron chi connectivity index (χ3n) is 1.59. The molecule has 0 heterocycles. The van der Waals surface area contributed by atoms with Crippen molar-refractivity contribution in [3.8, 4) is 0 Å². The van der Waals surface area contributed by atoms with Crippen LogP contribution in [0.15, 0.2) is 0 Å².